The van der Waals surface area contributed by atoms with Crippen LogP contribution in [0.3, 0.4) is 0 Å². The van der Waals surface area contributed by atoms with Crippen molar-refractivity contribution in [1.29, 1.82) is 0 Å². The topological polar surface area (TPSA) is 61.3 Å². The summed E-state index contributed by atoms with van der Waals surface area (Å²) in [6.07, 6.45) is 1.64. The molecule has 0 bridgehead atoms. The molecule has 0 atom stereocenters. The summed E-state index contributed by atoms with van der Waals surface area (Å²) in [5.41, 5.74) is 0.165. The quantitative estimate of drug-likeness (QED) is 0.381. The van der Waals surface area contributed by atoms with Gasteiger partial charge in [-0.3, -0.25) is 0 Å². The van der Waals surface area contributed by atoms with Crippen LogP contribution >= 0.6 is 0 Å². The molecule has 0 radical (unpaired) electrons. The minimum atomic E-state index is -0.535. The first kappa shape index (κ1) is 18.0. The van der Waals surface area contributed by atoms with Gasteiger partial charge in [0.2, 0.25) is 11.8 Å². The molecular weight excluding hydrogens is 507 g/mol. The number of benzene rings is 1. The van der Waals surface area contributed by atoms with Crippen molar-refractivity contribution in [3.8, 4) is 23.3 Å². The van der Waals surface area contributed by atoms with E-state index in [4.69, 9.17) is 9.47 Å². The molecule has 3 aromatic rings. The third-order valence-corrected chi connectivity index (χ3v) is 2.95. The number of ether oxygens (including phenoxy) is 2. The summed E-state index contributed by atoms with van der Waals surface area (Å²) in [6, 6.07) is 18.3. The molecule has 0 aliphatic rings. The van der Waals surface area contributed by atoms with Crippen LogP contribution in [0.4, 0.5) is 0 Å². The van der Waals surface area contributed by atoms with Crippen molar-refractivity contribution >= 4 is 17.7 Å². The van der Waals surface area contributed by atoms with E-state index >= 15 is 0 Å². The fourth-order valence-corrected chi connectivity index (χ4v) is 1.88. The van der Waals surface area contributed by atoms with E-state index in [1.165, 1.54) is 6.07 Å². The van der Waals surface area contributed by atoms with E-state index in [1.54, 1.807) is 48.7 Å². The van der Waals surface area contributed by atoms with E-state index < -0.39 is 5.12 Å². The third kappa shape index (κ3) is 4.85. The van der Waals surface area contributed by atoms with Crippen molar-refractivity contribution in [2.24, 2.45) is 0 Å². The van der Waals surface area contributed by atoms with Crippen molar-refractivity contribution in [2.45, 2.75) is 0 Å². The largest absolute Gasteiger partial charge is 2.00 e. The monoisotopic (exact) mass is 517 g/mol. The van der Waals surface area contributed by atoms with E-state index in [2.05, 4.69) is 28.7 Å². The minimum Gasteiger partial charge on any atom is -0.735 e. The van der Waals surface area contributed by atoms with Gasteiger partial charge < -0.3 is 26.9 Å². The van der Waals surface area contributed by atoms with Gasteiger partial charge in [-0.25, -0.2) is 9.97 Å². The first-order chi connectivity index (χ1) is 11.2. The molecule has 3 rings (SSSR count). The second-order valence-corrected chi connectivity index (χ2v) is 4.77. The van der Waals surface area contributed by atoms with Crippen LogP contribution in [0.5, 0.6) is 23.3 Å². The molecule has 24 heavy (non-hydrogen) atoms. The van der Waals surface area contributed by atoms with Crippen LogP contribution < -0.4 is 9.47 Å². The van der Waals surface area contributed by atoms with Crippen LogP contribution in [0.1, 0.15) is 10.5 Å². The first-order valence-electron chi connectivity index (χ1n) is 6.68. The molecule has 0 aliphatic heterocycles. The van der Waals surface area contributed by atoms with Crippen molar-refractivity contribution < 1.29 is 35.3 Å². The zero-order valence-electron chi connectivity index (χ0n) is 12.1. The fraction of sp³-hybridized carbons (Fsp3) is 0. The summed E-state index contributed by atoms with van der Waals surface area (Å²) < 4.78 is 11.2. The van der Waals surface area contributed by atoms with E-state index in [1.807, 2.05) is 6.07 Å². The number of nitrogens with zero attached hydrogens (tertiary/aromatic N) is 2. The third-order valence-electron chi connectivity index (χ3n) is 2.74. The normalized spacial score (nSPS) is 9.67. The molecule has 2 aromatic heterocycles. The molecule has 0 saturated carbocycles. The summed E-state index contributed by atoms with van der Waals surface area (Å²) in [5, 5.41) is -0.535. The van der Waals surface area contributed by atoms with Crippen molar-refractivity contribution in [1.82, 2.24) is 9.97 Å². The predicted molar refractivity (Wildman–Crippen MR) is 85.6 cm³/mol. The Morgan fingerprint density at radius 1 is 0.917 bits per heavy atom. The maximum Gasteiger partial charge on any atom is 2.00 e. The summed E-state index contributed by atoms with van der Waals surface area (Å²) >= 11 is 4.57. The average molecular weight is 517 g/mol. The number of hydrogen-bond acceptors (Lipinski definition) is 6. The molecule has 2 heterocycles. The van der Waals surface area contributed by atoms with Gasteiger partial charge in [-0.15, -0.1) is 12.1 Å². The molecule has 7 heteroatoms. The number of hydrogen-bond donors (Lipinski definition) is 0. The van der Waals surface area contributed by atoms with E-state index in [-0.39, 0.29) is 32.6 Å². The SMILES string of the molecule is O=C([S-])c1cccc(Oc2[c-]c(Oc3ccccn3)ccc2)n1.[Pt+2]. The van der Waals surface area contributed by atoms with E-state index in [0.717, 1.165) is 0 Å². The Balaban J connectivity index is 0.00000208. The molecule has 0 N–H and O–H groups in total. The van der Waals surface area contributed by atoms with Gasteiger partial charge in [0.25, 0.3) is 0 Å². The van der Waals surface area contributed by atoms with Crippen LogP contribution in [0, 0.1) is 6.07 Å². The van der Waals surface area contributed by atoms with Gasteiger partial charge in [-0.1, -0.05) is 18.2 Å². The van der Waals surface area contributed by atoms with Gasteiger partial charge in [0.15, 0.2) is 0 Å². The number of carbonyl (C=O) groups excluding carboxylic acids is 1. The predicted octanol–water partition coefficient (Wildman–Crippen LogP) is 3.55. The molecule has 0 unspecified atom stereocenters. The second kappa shape index (κ2) is 8.52. The molecule has 0 spiro atoms. The molecule has 0 aliphatic carbocycles. The van der Waals surface area contributed by atoms with Gasteiger partial charge >= 0.3 is 21.1 Å². The Morgan fingerprint density at radius 2 is 1.58 bits per heavy atom. The van der Waals surface area contributed by atoms with Gasteiger partial charge in [0, 0.05) is 29.8 Å². The molecular formula is C17H10N2O3PtS. The minimum absolute atomic E-state index is 0. The van der Waals surface area contributed by atoms with Crippen molar-refractivity contribution in [3.05, 3.63) is 72.6 Å². The molecule has 5 nitrogen and oxygen atoms in total. The summed E-state index contributed by atoms with van der Waals surface area (Å²) in [7, 11) is 0. The van der Waals surface area contributed by atoms with Crippen LogP contribution in [0.2, 0.25) is 0 Å². The second-order valence-electron chi connectivity index (χ2n) is 4.40. The number of pyridine rings is 2. The fourth-order valence-electron chi connectivity index (χ4n) is 1.76. The summed E-state index contributed by atoms with van der Waals surface area (Å²) in [4.78, 5) is 19.3. The maximum atomic E-state index is 11.2. The average Bonchev–Trinajstić information content (AvgIpc) is 2.56. The van der Waals surface area contributed by atoms with Gasteiger partial charge in [0.05, 0.1) is 10.8 Å². The zero-order valence-corrected chi connectivity index (χ0v) is 15.2. The van der Waals surface area contributed by atoms with Gasteiger partial charge in [0.1, 0.15) is 0 Å². The maximum absolute atomic E-state index is 11.2. The Hall–Kier alpha value is -2.30. The number of carbonyl (C=O) groups is 1. The Labute approximate surface area is 158 Å². The Morgan fingerprint density at radius 3 is 2.25 bits per heavy atom. The van der Waals surface area contributed by atoms with Gasteiger partial charge in [-0.2, -0.15) is 6.07 Å². The molecule has 122 valence electrons. The Kier molecular flexibility index (Phi) is 6.41. The standard InChI is InChI=1S/C17H11N2O3S.Pt/c20-17(23)14-7-4-9-16(19-14)22-13-6-3-5-12(11-13)21-15-8-1-2-10-18-15;/h1-10H,(H,20,23);/q-1;+2/p-1. The van der Waals surface area contributed by atoms with E-state index in [9.17, 15) is 4.79 Å². The molecule has 0 fully saturated rings. The van der Waals surface area contributed by atoms with Crippen LogP contribution in [0.25, 0.3) is 0 Å². The molecule has 1 aromatic carbocycles. The van der Waals surface area contributed by atoms with Crippen LogP contribution in [-0.2, 0) is 33.7 Å². The number of rotatable bonds is 5. The first-order valence-corrected chi connectivity index (χ1v) is 7.09. The van der Waals surface area contributed by atoms with E-state index in [0.29, 0.717) is 17.4 Å². The van der Waals surface area contributed by atoms with Crippen LogP contribution in [0.15, 0.2) is 60.8 Å². The van der Waals surface area contributed by atoms with Crippen molar-refractivity contribution in [2.75, 3.05) is 0 Å². The summed E-state index contributed by atoms with van der Waals surface area (Å²) in [6.45, 7) is 0. The molecule has 0 amide bonds. The summed E-state index contributed by atoms with van der Waals surface area (Å²) in [5.74, 6) is 1.57. The number of aromatic nitrogens is 2. The van der Waals surface area contributed by atoms with Gasteiger partial charge in [-0.05, 0) is 12.1 Å². The van der Waals surface area contributed by atoms with Crippen molar-refractivity contribution in [3.63, 3.8) is 0 Å². The smallest absolute Gasteiger partial charge is 0.735 e. The zero-order chi connectivity index (χ0) is 16.1. The Bertz CT molecular complexity index is 831. The molecule has 0 saturated heterocycles. The van der Waals surface area contributed by atoms with Crippen LogP contribution in [-0.4, -0.2) is 15.1 Å².